The minimum Gasteiger partial charge on any atom is -0.467 e. The summed E-state index contributed by atoms with van der Waals surface area (Å²) < 4.78 is 17.4. The van der Waals surface area contributed by atoms with E-state index in [0.717, 1.165) is 10.1 Å². The number of ether oxygens (including phenoxy) is 3. The SMILES string of the molecule is COC(=O)[C@]1(COCc2ccccc2)O[C@H](n2cc(C)c(=O)[nH]c2=O)C[C@@H]1O. The molecule has 1 saturated heterocycles. The fraction of sp³-hybridized carbons (Fsp3) is 0.421. The van der Waals surface area contributed by atoms with Gasteiger partial charge in [-0.3, -0.25) is 14.3 Å². The summed E-state index contributed by atoms with van der Waals surface area (Å²) in [6, 6.07) is 9.31. The van der Waals surface area contributed by atoms with Crippen molar-refractivity contribution in [3.63, 3.8) is 0 Å². The van der Waals surface area contributed by atoms with Gasteiger partial charge in [-0.1, -0.05) is 30.3 Å². The molecule has 1 aromatic carbocycles. The van der Waals surface area contributed by atoms with E-state index in [2.05, 4.69) is 4.98 Å². The number of hydrogen-bond acceptors (Lipinski definition) is 7. The average molecular weight is 390 g/mol. The highest BCUT2D eigenvalue weighted by Gasteiger charge is 2.56. The average Bonchev–Trinajstić information content (AvgIpc) is 3.02. The maximum absolute atomic E-state index is 12.4. The summed E-state index contributed by atoms with van der Waals surface area (Å²) in [7, 11) is 1.18. The Kier molecular flexibility index (Phi) is 5.78. The van der Waals surface area contributed by atoms with E-state index in [1.807, 2.05) is 30.3 Å². The summed E-state index contributed by atoms with van der Waals surface area (Å²) in [6.07, 6.45) is -0.941. The van der Waals surface area contributed by atoms with Gasteiger partial charge in [0.05, 0.1) is 20.3 Å². The minimum absolute atomic E-state index is 0.0464. The monoisotopic (exact) mass is 390 g/mol. The number of aryl methyl sites for hydroxylation is 1. The summed E-state index contributed by atoms with van der Waals surface area (Å²) in [5, 5.41) is 10.6. The number of rotatable bonds is 6. The fourth-order valence-corrected chi connectivity index (χ4v) is 3.16. The normalized spacial score (nSPS) is 24.2. The summed E-state index contributed by atoms with van der Waals surface area (Å²) in [5.41, 5.74) is -1.80. The highest BCUT2D eigenvalue weighted by Crippen LogP contribution is 2.37. The molecule has 0 radical (unpaired) electrons. The van der Waals surface area contributed by atoms with Gasteiger partial charge in [0.1, 0.15) is 12.3 Å². The number of benzene rings is 1. The number of aromatic nitrogens is 2. The van der Waals surface area contributed by atoms with Crippen LogP contribution in [0, 0.1) is 6.92 Å². The standard InChI is InChI=1S/C19H22N2O7/c1-12-9-21(18(25)20-16(12)23)15-8-14(22)19(28-15,17(24)26-2)11-27-10-13-6-4-3-5-7-13/h3-7,9,14-15,22H,8,10-11H2,1-2H3,(H,20,23,25)/t14-,15-,19+/m0/s1. The van der Waals surface area contributed by atoms with Crippen LogP contribution in [0.3, 0.4) is 0 Å². The highest BCUT2D eigenvalue weighted by atomic mass is 16.6. The lowest BCUT2D eigenvalue weighted by molar-refractivity contribution is -0.192. The molecule has 28 heavy (non-hydrogen) atoms. The molecule has 1 aromatic heterocycles. The number of carbonyl (C=O) groups excluding carboxylic acids is 1. The van der Waals surface area contributed by atoms with Crippen molar-refractivity contribution < 1.29 is 24.1 Å². The van der Waals surface area contributed by atoms with Crippen molar-refractivity contribution in [2.24, 2.45) is 0 Å². The fourth-order valence-electron chi connectivity index (χ4n) is 3.16. The first-order chi connectivity index (χ1) is 13.4. The second-order valence-electron chi connectivity index (χ2n) is 6.66. The highest BCUT2D eigenvalue weighted by molar-refractivity contribution is 5.81. The number of aromatic amines is 1. The molecule has 0 aliphatic carbocycles. The van der Waals surface area contributed by atoms with Gasteiger partial charge in [-0.25, -0.2) is 9.59 Å². The van der Waals surface area contributed by atoms with Gasteiger partial charge in [0.2, 0.25) is 5.60 Å². The van der Waals surface area contributed by atoms with Gasteiger partial charge in [0.15, 0.2) is 0 Å². The number of aliphatic hydroxyl groups excluding tert-OH is 1. The van der Waals surface area contributed by atoms with Gasteiger partial charge in [0, 0.05) is 18.2 Å². The Morgan fingerprint density at radius 3 is 2.75 bits per heavy atom. The number of H-pyrrole nitrogens is 1. The summed E-state index contributed by atoms with van der Waals surface area (Å²) in [6.45, 7) is 1.48. The van der Waals surface area contributed by atoms with E-state index in [4.69, 9.17) is 14.2 Å². The second kappa shape index (κ2) is 8.09. The molecule has 0 bridgehead atoms. The number of methoxy groups -OCH3 is 1. The molecule has 9 nitrogen and oxygen atoms in total. The van der Waals surface area contributed by atoms with Crippen molar-refractivity contribution in [1.29, 1.82) is 0 Å². The van der Waals surface area contributed by atoms with E-state index >= 15 is 0 Å². The van der Waals surface area contributed by atoms with E-state index in [9.17, 15) is 19.5 Å². The Morgan fingerprint density at radius 1 is 1.36 bits per heavy atom. The van der Waals surface area contributed by atoms with Crippen LogP contribution >= 0.6 is 0 Å². The Hall–Kier alpha value is -2.75. The van der Waals surface area contributed by atoms with Crippen molar-refractivity contribution in [3.05, 3.63) is 68.5 Å². The Balaban J connectivity index is 1.83. The van der Waals surface area contributed by atoms with E-state index in [-0.39, 0.29) is 19.6 Å². The topological polar surface area (TPSA) is 120 Å². The van der Waals surface area contributed by atoms with Crippen LogP contribution < -0.4 is 11.2 Å². The second-order valence-corrected chi connectivity index (χ2v) is 6.66. The summed E-state index contributed by atoms with van der Waals surface area (Å²) in [5.74, 6) is -0.801. The third-order valence-electron chi connectivity index (χ3n) is 4.72. The third-order valence-corrected chi connectivity index (χ3v) is 4.72. The quantitative estimate of drug-likeness (QED) is 0.679. The molecule has 1 aliphatic rings. The van der Waals surface area contributed by atoms with Crippen molar-refractivity contribution in [2.45, 2.75) is 37.9 Å². The molecular weight excluding hydrogens is 368 g/mol. The smallest absolute Gasteiger partial charge is 0.343 e. The van der Waals surface area contributed by atoms with E-state index in [1.165, 1.54) is 20.2 Å². The van der Waals surface area contributed by atoms with Gasteiger partial charge in [-0.2, -0.15) is 0 Å². The Labute approximate surface area is 160 Å². The summed E-state index contributed by atoms with van der Waals surface area (Å²) in [4.78, 5) is 38.3. The van der Waals surface area contributed by atoms with Gasteiger partial charge in [-0.15, -0.1) is 0 Å². The van der Waals surface area contributed by atoms with Crippen LogP contribution in [-0.4, -0.2) is 46.0 Å². The predicted molar refractivity (Wildman–Crippen MR) is 97.7 cm³/mol. The zero-order valence-electron chi connectivity index (χ0n) is 15.6. The number of hydrogen-bond donors (Lipinski definition) is 2. The van der Waals surface area contributed by atoms with Gasteiger partial charge in [-0.05, 0) is 12.5 Å². The molecule has 1 aliphatic heterocycles. The molecule has 1 fully saturated rings. The number of carbonyl (C=O) groups is 1. The van der Waals surface area contributed by atoms with Crippen LogP contribution in [0.25, 0.3) is 0 Å². The molecule has 150 valence electrons. The first-order valence-electron chi connectivity index (χ1n) is 8.75. The zero-order chi connectivity index (χ0) is 20.3. The number of esters is 1. The first kappa shape index (κ1) is 20.0. The van der Waals surface area contributed by atoms with Crippen LogP contribution in [0.1, 0.15) is 23.8 Å². The van der Waals surface area contributed by atoms with Crippen LogP contribution in [0.5, 0.6) is 0 Å². The van der Waals surface area contributed by atoms with E-state index in [1.54, 1.807) is 0 Å². The minimum atomic E-state index is -1.78. The zero-order valence-corrected chi connectivity index (χ0v) is 15.6. The molecule has 2 aromatic rings. The van der Waals surface area contributed by atoms with Crippen molar-refractivity contribution >= 4 is 5.97 Å². The van der Waals surface area contributed by atoms with Crippen molar-refractivity contribution in [2.75, 3.05) is 13.7 Å². The molecule has 3 rings (SSSR count). The van der Waals surface area contributed by atoms with Crippen LogP contribution in [-0.2, 0) is 25.6 Å². The third kappa shape index (κ3) is 3.77. The maximum atomic E-state index is 12.4. The largest absolute Gasteiger partial charge is 0.467 e. The van der Waals surface area contributed by atoms with Crippen LogP contribution in [0.15, 0.2) is 46.1 Å². The van der Waals surface area contributed by atoms with E-state index < -0.39 is 35.2 Å². The molecular formula is C19H22N2O7. The Morgan fingerprint density at radius 2 is 2.07 bits per heavy atom. The van der Waals surface area contributed by atoms with Crippen molar-refractivity contribution in [3.8, 4) is 0 Å². The van der Waals surface area contributed by atoms with Gasteiger partial charge < -0.3 is 19.3 Å². The molecule has 0 spiro atoms. The van der Waals surface area contributed by atoms with Crippen LogP contribution in [0.4, 0.5) is 0 Å². The molecule has 0 unspecified atom stereocenters. The lowest BCUT2D eigenvalue weighted by Crippen LogP contribution is -2.52. The van der Waals surface area contributed by atoms with E-state index in [0.29, 0.717) is 5.56 Å². The Bertz CT molecular complexity index is 953. The van der Waals surface area contributed by atoms with Crippen molar-refractivity contribution in [1.82, 2.24) is 9.55 Å². The molecule has 0 amide bonds. The first-order valence-corrected chi connectivity index (χ1v) is 8.75. The lowest BCUT2D eigenvalue weighted by atomic mass is 9.98. The molecule has 2 heterocycles. The van der Waals surface area contributed by atoms with Crippen LogP contribution in [0.2, 0.25) is 0 Å². The summed E-state index contributed by atoms with van der Waals surface area (Å²) >= 11 is 0. The number of nitrogens with one attached hydrogen (secondary N) is 1. The lowest BCUT2D eigenvalue weighted by Gasteiger charge is -2.29. The maximum Gasteiger partial charge on any atom is 0.343 e. The molecule has 2 N–H and O–H groups in total. The predicted octanol–water partition coefficient (Wildman–Crippen LogP) is 0.253. The molecule has 0 saturated carbocycles. The van der Waals surface area contributed by atoms with Gasteiger partial charge >= 0.3 is 11.7 Å². The molecule has 9 heteroatoms. The number of aliphatic hydroxyl groups is 1. The number of nitrogens with zero attached hydrogens (tertiary/aromatic N) is 1. The van der Waals surface area contributed by atoms with Gasteiger partial charge in [0.25, 0.3) is 5.56 Å². The molecule has 3 atom stereocenters.